The van der Waals surface area contributed by atoms with Crippen LogP contribution in [0.25, 0.3) is 0 Å². The van der Waals surface area contributed by atoms with Crippen molar-refractivity contribution in [3.05, 3.63) is 0 Å². The topological polar surface area (TPSA) is 126 Å². The number of rotatable bonds is 3. The van der Waals surface area contributed by atoms with E-state index in [0.717, 1.165) is 0 Å². The molecular formula is C22H34O8. The minimum absolute atomic E-state index is 0.174. The first-order chi connectivity index (χ1) is 14.0. The zero-order valence-electron chi connectivity index (χ0n) is 18.1. The van der Waals surface area contributed by atoms with Crippen LogP contribution in [0.1, 0.15) is 39.5 Å². The lowest BCUT2D eigenvalue weighted by atomic mass is 9.35. The van der Waals surface area contributed by atoms with Crippen molar-refractivity contribution in [2.45, 2.75) is 69.9 Å². The standard InChI is InChI=1S/C22H34O8/c1-19(2)6-5-13(24)21-14-12(23)7-10-8-20(14,16(25)11(10)9-28-3)22(27,17(26)15(19)21)30-18(21)29-4/h10-15,17-18,23-24,26-27H,5-9H2,1-4H3/t10-,11-,12+,13+,14-,15-,17+,18-,20+,21-,22-/m1/s1. The van der Waals surface area contributed by atoms with Crippen molar-refractivity contribution < 1.29 is 39.4 Å². The highest BCUT2D eigenvalue weighted by atomic mass is 16.8. The molecule has 6 aliphatic rings. The Morgan fingerprint density at radius 1 is 1.17 bits per heavy atom. The molecule has 11 atom stereocenters. The molecule has 6 fully saturated rings. The Hall–Kier alpha value is -0.610. The molecule has 2 spiro atoms. The molecule has 0 aromatic carbocycles. The van der Waals surface area contributed by atoms with E-state index in [9.17, 15) is 25.2 Å². The Balaban J connectivity index is 1.79. The summed E-state index contributed by atoms with van der Waals surface area (Å²) in [5, 5.41) is 46.4. The van der Waals surface area contributed by atoms with Crippen LogP contribution in [0.5, 0.6) is 0 Å². The normalized spacial score (nSPS) is 58.5. The number of methoxy groups -OCH3 is 2. The number of carbonyl (C=O) groups is 1. The highest BCUT2D eigenvalue weighted by Gasteiger charge is 2.88. The summed E-state index contributed by atoms with van der Waals surface area (Å²) in [7, 11) is 2.97. The van der Waals surface area contributed by atoms with Gasteiger partial charge in [0, 0.05) is 32.0 Å². The molecule has 0 aromatic heterocycles. The molecule has 0 radical (unpaired) electrons. The first-order valence-electron chi connectivity index (χ1n) is 11.0. The fourth-order valence-corrected chi connectivity index (χ4v) is 8.73. The molecule has 8 heteroatoms. The second-order valence-electron chi connectivity index (χ2n) is 11.0. The van der Waals surface area contributed by atoms with Crippen molar-refractivity contribution in [3.63, 3.8) is 0 Å². The summed E-state index contributed by atoms with van der Waals surface area (Å²) in [6.07, 6.45) is -2.53. The lowest BCUT2D eigenvalue weighted by Gasteiger charge is -2.76. The molecule has 4 aliphatic carbocycles. The van der Waals surface area contributed by atoms with Crippen molar-refractivity contribution >= 4 is 5.78 Å². The summed E-state index contributed by atoms with van der Waals surface area (Å²) in [6, 6.07) is 0. The number of aliphatic hydroxyl groups excluding tert-OH is 3. The average molecular weight is 427 g/mol. The molecule has 0 amide bonds. The molecule has 170 valence electrons. The molecule has 8 nitrogen and oxygen atoms in total. The van der Waals surface area contributed by atoms with Gasteiger partial charge in [-0.15, -0.1) is 0 Å². The second kappa shape index (κ2) is 6.25. The third kappa shape index (κ3) is 2.01. The summed E-state index contributed by atoms with van der Waals surface area (Å²) >= 11 is 0. The Bertz CT molecular complexity index is 755. The number of fused-ring (bicyclic) bond motifs is 2. The van der Waals surface area contributed by atoms with Gasteiger partial charge in [-0.25, -0.2) is 0 Å². The molecule has 0 aromatic rings. The van der Waals surface area contributed by atoms with E-state index in [0.29, 0.717) is 25.7 Å². The quantitative estimate of drug-likeness (QED) is 0.499. The van der Waals surface area contributed by atoms with Crippen molar-refractivity contribution in [3.8, 4) is 0 Å². The van der Waals surface area contributed by atoms with Crippen LogP contribution < -0.4 is 0 Å². The predicted molar refractivity (Wildman–Crippen MR) is 103 cm³/mol. The molecule has 0 unspecified atom stereocenters. The molecule has 4 saturated carbocycles. The van der Waals surface area contributed by atoms with Crippen LogP contribution >= 0.6 is 0 Å². The zero-order valence-corrected chi connectivity index (χ0v) is 18.1. The number of ether oxygens (including phenoxy) is 3. The zero-order chi connectivity index (χ0) is 21.9. The van der Waals surface area contributed by atoms with E-state index < -0.39 is 64.4 Å². The van der Waals surface area contributed by atoms with Gasteiger partial charge in [-0.3, -0.25) is 4.79 Å². The van der Waals surface area contributed by atoms with Crippen molar-refractivity contribution in [2.75, 3.05) is 20.8 Å². The summed E-state index contributed by atoms with van der Waals surface area (Å²) in [6.45, 7) is 4.19. The summed E-state index contributed by atoms with van der Waals surface area (Å²) in [4.78, 5) is 13.9. The number of hydrogen-bond donors (Lipinski definition) is 4. The van der Waals surface area contributed by atoms with Crippen LogP contribution in [-0.4, -0.2) is 77.4 Å². The first kappa shape index (κ1) is 21.2. The molecule has 4 N–H and O–H groups in total. The van der Waals surface area contributed by atoms with E-state index in [4.69, 9.17) is 14.2 Å². The first-order valence-corrected chi connectivity index (χ1v) is 11.0. The largest absolute Gasteiger partial charge is 0.393 e. The molecular weight excluding hydrogens is 392 g/mol. The van der Waals surface area contributed by atoms with Gasteiger partial charge in [0.25, 0.3) is 0 Å². The van der Waals surface area contributed by atoms with Crippen LogP contribution in [0.3, 0.4) is 0 Å². The van der Waals surface area contributed by atoms with Crippen molar-refractivity contribution in [2.24, 2.45) is 39.9 Å². The lowest BCUT2D eigenvalue weighted by Crippen LogP contribution is -2.87. The molecule has 2 saturated heterocycles. The van der Waals surface area contributed by atoms with E-state index in [1.165, 1.54) is 14.2 Å². The third-order valence-corrected chi connectivity index (χ3v) is 9.56. The summed E-state index contributed by atoms with van der Waals surface area (Å²) in [5.74, 6) is -4.47. The lowest BCUT2D eigenvalue weighted by molar-refractivity contribution is -0.508. The number of aliphatic hydroxyl groups is 4. The van der Waals surface area contributed by atoms with Crippen molar-refractivity contribution in [1.29, 1.82) is 0 Å². The Morgan fingerprint density at radius 2 is 1.87 bits per heavy atom. The molecule has 4 bridgehead atoms. The number of ketones is 1. The Labute approximate surface area is 176 Å². The Morgan fingerprint density at radius 3 is 2.50 bits per heavy atom. The minimum atomic E-state index is -2.20. The van der Waals surface area contributed by atoms with E-state index in [1.54, 1.807) is 0 Å². The number of carbonyl (C=O) groups excluding carboxylic acids is 1. The van der Waals surface area contributed by atoms with Gasteiger partial charge in [0.2, 0.25) is 5.79 Å². The second-order valence-corrected chi connectivity index (χ2v) is 11.0. The van der Waals surface area contributed by atoms with E-state index in [2.05, 4.69) is 0 Å². The maximum Gasteiger partial charge on any atom is 0.208 e. The van der Waals surface area contributed by atoms with Crippen molar-refractivity contribution in [1.82, 2.24) is 0 Å². The van der Waals surface area contributed by atoms with Gasteiger partial charge in [-0.05, 0) is 37.0 Å². The van der Waals surface area contributed by atoms with Crippen LogP contribution in [0.4, 0.5) is 0 Å². The van der Waals surface area contributed by atoms with Gasteiger partial charge in [0.05, 0.1) is 29.6 Å². The number of hydrogen-bond acceptors (Lipinski definition) is 8. The van der Waals surface area contributed by atoms with E-state index in [1.807, 2.05) is 13.8 Å². The van der Waals surface area contributed by atoms with E-state index >= 15 is 0 Å². The third-order valence-electron chi connectivity index (χ3n) is 9.56. The van der Waals surface area contributed by atoms with Gasteiger partial charge < -0.3 is 34.6 Å². The fourth-order valence-electron chi connectivity index (χ4n) is 8.73. The average Bonchev–Trinajstić information content (AvgIpc) is 2.89. The minimum Gasteiger partial charge on any atom is -0.393 e. The molecule has 2 aliphatic heterocycles. The van der Waals surface area contributed by atoms with Crippen LogP contribution in [0.2, 0.25) is 0 Å². The highest BCUT2D eigenvalue weighted by molar-refractivity contribution is 5.92. The van der Waals surface area contributed by atoms with Gasteiger partial charge in [0.15, 0.2) is 12.1 Å². The van der Waals surface area contributed by atoms with Gasteiger partial charge >= 0.3 is 0 Å². The van der Waals surface area contributed by atoms with Gasteiger partial charge in [-0.2, -0.15) is 0 Å². The maximum absolute atomic E-state index is 13.9. The molecule has 6 rings (SSSR count). The monoisotopic (exact) mass is 426 g/mol. The number of Topliss-reactive ketones (excluding diaryl/α,β-unsaturated/α-hetero) is 1. The predicted octanol–water partition coefficient (Wildman–Crippen LogP) is 0.0545. The maximum atomic E-state index is 13.9. The van der Waals surface area contributed by atoms with E-state index in [-0.39, 0.29) is 18.3 Å². The van der Waals surface area contributed by atoms with Gasteiger partial charge in [0.1, 0.15) is 6.10 Å². The SMILES string of the molecule is COC[C@H]1C(=O)[C@]23C[C@H]1C[C@H](O)[C@H]2[C@@]12[C@H](OC)O[C@]3(O)[C@@H](O)[C@@H]1C(C)(C)CC[C@@H]2O. The Kier molecular flexibility index (Phi) is 4.42. The van der Waals surface area contributed by atoms with Crippen LogP contribution in [-0.2, 0) is 19.0 Å². The molecule has 30 heavy (non-hydrogen) atoms. The summed E-state index contributed by atoms with van der Waals surface area (Å²) in [5.41, 5.74) is -3.17. The fraction of sp³-hybridized carbons (Fsp3) is 0.955. The smallest absolute Gasteiger partial charge is 0.208 e. The van der Waals surface area contributed by atoms with Crippen LogP contribution in [0, 0.1) is 39.9 Å². The van der Waals surface area contributed by atoms with Gasteiger partial charge in [-0.1, -0.05) is 13.8 Å². The summed E-state index contributed by atoms with van der Waals surface area (Å²) < 4.78 is 17.0. The molecule has 2 heterocycles. The van der Waals surface area contributed by atoms with Crippen LogP contribution in [0.15, 0.2) is 0 Å². The highest BCUT2D eigenvalue weighted by Crippen LogP contribution is 2.78.